The summed E-state index contributed by atoms with van der Waals surface area (Å²) in [6.07, 6.45) is 2.62. The van der Waals surface area contributed by atoms with Crippen LogP contribution in [-0.2, 0) is 22.4 Å². The number of allylic oxidation sites excluding steroid dienone is 2. The summed E-state index contributed by atoms with van der Waals surface area (Å²) in [6, 6.07) is 22.2. The lowest BCUT2D eigenvalue weighted by Crippen LogP contribution is -2.04. The van der Waals surface area contributed by atoms with E-state index in [1.165, 1.54) is 6.07 Å². The highest BCUT2D eigenvalue weighted by Crippen LogP contribution is 2.36. The van der Waals surface area contributed by atoms with Gasteiger partial charge in [-0.05, 0) is 84.3 Å². The fourth-order valence-electron chi connectivity index (χ4n) is 4.82. The molecule has 1 N–H and O–H groups in total. The van der Waals surface area contributed by atoms with Crippen molar-refractivity contribution in [2.45, 2.75) is 47.0 Å². The van der Waals surface area contributed by atoms with Crippen molar-refractivity contribution in [2.24, 2.45) is 0 Å². The minimum Gasteiger partial charge on any atom is -0.481 e. The summed E-state index contributed by atoms with van der Waals surface area (Å²) in [4.78, 5) is 24.4. The number of hydrogen-bond acceptors (Lipinski definition) is 2. The van der Waals surface area contributed by atoms with Gasteiger partial charge in [0, 0.05) is 28.1 Å². The Balaban J connectivity index is 1.73. The van der Waals surface area contributed by atoms with Crippen LogP contribution in [0.4, 0.5) is 4.39 Å². The molecular formula is C35H32ClFO3. The van der Waals surface area contributed by atoms with Crippen LogP contribution in [0.2, 0.25) is 5.02 Å². The van der Waals surface area contributed by atoms with Crippen LogP contribution < -0.4 is 0 Å². The number of halogens is 2. The molecule has 0 fully saturated rings. The Hall–Kier alpha value is -4.02. The molecule has 4 aromatic rings. The largest absolute Gasteiger partial charge is 0.481 e. The number of hydrogen-bond donors (Lipinski definition) is 1. The van der Waals surface area contributed by atoms with Crippen molar-refractivity contribution in [1.82, 2.24) is 0 Å². The van der Waals surface area contributed by atoms with Crippen LogP contribution in [0, 0.1) is 26.6 Å². The lowest BCUT2D eigenvalue weighted by Gasteiger charge is -2.15. The van der Waals surface area contributed by atoms with Gasteiger partial charge >= 0.3 is 5.97 Å². The number of ketones is 1. The van der Waals surface area contributed by atoms with Crippen LogP contribution in [0.3, 0.4) is 0 Å². The third-order valence-corrected chi connectivity index (χ3v) is 7.48. The second kappa shape index (κ2) is 12.4. The number of aliphatic carboxylic acids is 1. The molecule has 0 amide bonds. The van der Waals surface area contributed by atoms with Gasteiger partial charge in [0.1, 0.15) is 5.82 Å². The van der Waals surface area contributed by atoms with Crippen molar-refractivity contribution in [3.05, 3.63) is 123 Å². The van der Waals surface area contributed by atoms with E-state index in [2.05, 4.69) is 0 Å². The van der Waals surface area contributed by atoms with Gasteiger partial charge in [-0.2, -0.15) is 0 Å². The fraction of sp³-hybridized carbons (Fsp3) is 0.200. The number of Topliss-reactive ketones (excluding diaryl/α,β-unsaturated/α-hetero) is 1. The molecule has 0 atom stereocenters. The average molecular weight is 555 g/mol. The second-order valence-electron chi connectivity index (χ2n) is 10.1. The summed E-state index contributed by atoms with van der Waals surface area (Å²) in [7, 11) is 0. The Kier molecular flexibility index (Phi) is 9.01. The summed E-state index contributed by atoms with van der Waals surface area (Å²) in [6.45, 7) is 7.60. The van der Waals surface area contributed by atoms with Gasteiger partial charge in [-0.15, -0.1) is 0 Å². The molecule has 40 heavy (non-hydrogen) atoms. The molecule has 0 bridgehead atoms. The van der Waals surface area contributed by atoms with Gasteiger partial charge in [0.2, 0.25) is 0 Å². The minimum absolute atomic E-state index is 0.0184. The van der Waals surface area contributed by atoms with Crippen LogP contribution in [-0.4, -0.2) is 16.9 Å². The first kappa shape index (κ1) is 29.0. The third kappa shape index (κ3) is 6.57. The van der Waals surface area contributed by atoms with E-state index >= 15 is 4.39 Å². The molecule has 0 unspecified atom stereocenters. The molecule has 0 aliphatic rings. The zero-order chi connectivity index (χ0) is 29.0. The molecule has 4 aromatic carbocycles. The molecule has 3 nitrogen and oxygen atoms in total. The standard InChI is InChI=1S/C35H32ClFO3/c1-5-34(38)29(14-10-24-9-8-22(3)27(17-24)19-35(39)40)30-20-31(32(36)16-23(30)4)26-13-15-28(33(37)18-26)25-11-6-21(2)7-12-25/h6-9,11-18,20H,5,10,19H2,1-4H3,(H,39,40)/b29-14-. The summed E-state index contributed by atoms with van der Waals surface area (Å²) >= 11 is 6.65. The lowest BCUT2D eigenvalue weighted by molar-refractivity contribution is -0.136. The minimum atomic E-state index is -0.884. The van der Waals surface area contributed by atoms with Gasteiger partial charge < -0.3 is 5.11 Å². The zero-order valence-corrected chi connectivity index (χ0v) is 23.9. The predicted octanol–water partition coefficient (Wildman–Crippen LogP) is 8.97. The van der Waals surface area contributed by atoms with E-state index in [4.69, 9.17) is 11.6 Å². The molecule has 0 spiro atoms. The van der Waals surface area contributed by atoms with Crippen LogP contribution in [0.5, 0.6) is 0 Å². The molecule has 0 aliphatic carbocycles. The van der Waals surface area contributed by atoms with E-state index in [0.717, 1.165) is 38.9 Å². The van der Waals surface area contributed by atoms with Gasteiger partial charge in [0.15, 0.2) is 5.78 Å². The number of carboxylic acid groups (broad SMARTS) is 1. The maximum Gasteiger partial charge on any atom is 0.307 e. The molecule has 5 heteroatoms. The number of carboxylic acids is 1. The first-order valence-electron chi connectivity index (χ1n) is 13.3. The fourth-order valence-corrected chi connectivity index (χ4v) is 5.15. The van der Waals surface area contributed by atoms with Crippen LogP contribution in [0.1, 0.15) is 46.7 Å². The Labute approximate surface area is 240 Å². The van der Waals surface area contributed by atoms with Gasteiger partial charge in [-0.1, -0.05) is 84.8 Å². The van der Waals surface area contributed by atoms with Gasteiger partial charge in [0.05, 0.1) is 6.42 Å². The van der Waals surface area contributed by atoms with E-state index in [0.29, 0.717) is 40.1 Å². The average Bonchev–Trinajstić information content (AvgIpc) is 2.91. The number of carbonyl (C=O) groups is 2. The van der Waals surface area contributed by atoms with Gasteiger partial charge in [-0.3, -0.25) is 9.59 Å². The molecule has 0 saturated heterocycles. The quantitative estimate of drug-likeness (QED) is 0.210. The summed E-state index contributed by atoms with van der Waals surface area (Å²) in [5.74, 6) is -1.25. The SMILES string of the molecule is CCC(=O)/C(=C\Cc1ccc(C)c(CC(=O)O)c1)c1cc(-c2ccc(-c3ccc(C)cc3)c(F)c2)c(Cl)cc1C. The maximum atomic E-state index is 15.3. The third-order valence-electron chi connectivity index (χ3n) is 7.17. The Morgan fingerprint density at radius 2 is 1.55 bits per heavy atom. The number of rotatable bonds is 9. The van der Waals surface area contributed by atoms with E-state index in [-0.39, 0.29) is 18.0 Å². The maximum absolute atomic E-state index is 15.3. The molecule has 0 radical (unpaired) electrons. The highest BCUT2D eigenvalue weighted by atomic mass is 35.5. The van der Waals surface area contributed by atoms with Crippen molar-refractivity contribution < 1.29 is 19.1 Å². The van der Waals surface area contributed by atoms with Crippen molar-refractivity contribution in [3.8, 4) is 22.3 Å². The number of carbonyl (C=O) groups excluding carboxylic acids is 1. The van der Waals surface area contributed by atoms with E-state index in [1.54, 1.807) is 6.07 Å². The van der Waals surface area contributed by atoms with Crippen LogP contribution in [0.15, 0.2) is 78.9 Å². The molecular weight excluding hydrogens is 523 g/mol. The Bertz CT molecular complexity index is 1620. The zero-order valence-electron chi connectivity index (χ0n) is 23.1. The van der Waals surface area contributed by atoms with Crippen molar-refractivity contribution >= 4 is 28.9 Å². The topological polar surface area (TPSA) is 54.4 Å². The summed E-state index contributed by atoms with van der Waals surface area (Å²) in [5.41, 5.74) is 8.42. The number of benzene rings is 4. The highest BCUT2D eigenvalue weighted by molar-refractivity contribution is 6.33. The predicted molar refractivity (Wildman–Crippen MR) is 161 cm³/mol. The monoisotopic (exact) mass is 554 g/mol. The first-order chi connectivity index (χ1) is 19.1. The van der Waals surface area contributed by atoms with E-state index < -0.39 is 5.97 Å². The number of aryl methyl sites for hydroxylation is 3. The van der Waals surface area contributed by atoms with Gasteiger partial charge in [0.25, 0.3) is 0 Å². The molecule has 204 valence electrons. The summed E-state index contributed by atoms with van der Waals surface area (Å²) < 4.78 is 15.3. The van der Waals surface area contributed by atoms with Crippen molar-refractivity contribution in [1.29, 1.82) is 0 Å². The lowest BCUT2D eigenvalue weighted by atomic mass is 9.90. The molecule has 0 aromatic heterocycles. The first-order valence-corrected chi connectivity index (χ1v) is 13.7. The van der Waals surface area contributed by atoms with Crippen molar-refractivity contribution in [3.63, 3.8) is 0 Å². The smallest absolute Gasteiger partial charge is 0.307 e. The Morgan fingerprint density at radius 3 is 2.20 bits per heavy atom. The van der Waals surface area contributed by atoms with Crippen LogP contribution >= 0.6 is 11.6 Å². The second-order valence-corrected chi connectivity index (χ2v) is 10.5. The normalized spacial score (nSPS) is 11.5. The van der Waals surface area contributed by atoms with E-state index in [1.807, 2.05) is 94.4 Å². The Morgan fingerprint density at radius 1 is 0.850 bits per heavy atom. The molecule has 0 aliphatic heterocycles. The summed E-state index contributed by atoms with van der Waals surface area (Å²) in [5, 5.41) is 9.71. The van der Waals surface area contributed by atoms with Gasteiger partial charge in [-0.25, -0.2) is 4.39 Å². The molecule has 0 saturated carbocycles. The van der Waals surface area contributed by atoms with Crippen molar-refractivity contribution in [2.75, 3.05) is 0 Å². The molecule has 4 rings (SSSR count). The molecule has 0 heterocycles. The van der Waals surface area contributed by atoms with Crippen LogP contribution in [0.25, 0.3) is 27.8 Å². The highest BCUT2D eigenvalue weighted by Gasteiger charge is 2.17. The van der Waals surface area contributed by atoms with E-state index in [9.17, 15) is 14.7 Å².